The monoisotopic (exact) mass is 370 g/mol. The van der Waals surface area contributed by atoms with Gasteiger partial charge in [0.1, 0.15) is 6.61 Å². The number of unbranched alkanes of at least 4 members (excludes halogenated alkanes) is 9. The Kier molecular flexibility index (Phi) is 17.0. The highest BCUT2D eigenvalue weighted by molar-refractivity contribution is 5.86. The normalized spacial score (nSPS) is 13.4. The second-order valence-corrected chi connectivity index (χ2v) is 7.39. The van der Waals surface area contributed by atoms with Crippen LogP contribution in [0.15, 0.2) is 12.2 Å². The zero-order chi connectivity index (χ0) is 19.6. The summed E-state index contributed by atoms with van der Waals surface area (Å²) < 4.78 is 16.5. The zero-order valence-corrected chi connectivity index (χ0v) is 17.7. The SMILES string of the molecule is C=C(C)C(=O)OCC(C)OCC(C)OCCCCCCCCCCCC. The Bertz CT molecular complexity index is 354. The molecule has 0 fully saturated rings. The summed E-state index contributed by atoms with van der Waals surface area (Å²) in [6.45, 7) is 12.9. The lowest BCUT2D eigenvalue weighted by Gasteiger charge is -2.17. The maximum absolute atomic E-state index is 11.3. The molecule has 26 heavy (non-hydrogen) atoms. The largest absolute Gasteiger partial charge is 0.460 e. The van der Waals surface area contributed by atoms with E-state index in [4.69, 9.17) is 14.2 Å². The molecule has 2 unspecified atom stereocenters. The first kappa shape index (κ1) is 25.1. The molecular weight excluding hydrogens is 328 g/mol. The Morgan fingerprint density at radius 3 is 1.85 bits per heavy atom. The van der Waals surface area contributed by atoms with Gasteiger partial charge in [-0.2, -0.15) is 0 Å². The van der Waals surface area contributed by atoms with E-state index in [9.17, 15) is 4.79 Å². The third-order valence-corrected chi connectivity index (χ3v) is 4.31. The summed E-state index contributed by atoms with van der Waals surface area (Å²) in [5, 5.41) is 0. The van der Waals surface area contributed by atoms with E-state index < -0.39 is 0 Å². The van der Waals surface area contributed by atoms with E-state index in [1.807, 2.05) is 13.8 Å². The van der Waals surface area contributed by atoms with E-state index in [1.54, 1.807) is 6.92 Å². The van der Waals surface area contributed by atoms with E-state index in [1.165, 1.54) is 57.8 Å². The number of esters is 1. The highest BCUT2D eigenvalue weighted by Crippen LogP contribution is 2.10. The van der Waals surface area contributed by atoms with Gasteiger partial charge in [0, 0.05) is 12.2 Å². The minimum atomic E-state index is -0.370. The summed E-state index contributed by atoms with van der Waals surface area (Å²) in [7, 11) is 0. The zero-order valence-electron chi connectivity index (χ0n) is 17.7. The molecule has 0 aromatic rings. The lowest BCUT2D eigenvalue weighted by Crippen LogP contribution is -2.25. The molecule has 0 rings (SSSR count). The van der Waals surface area contributed by atoms with E-state index in [0.29, 0.717) is 12.2 Å². The Morgan fingerprint density at radius 2 is 1.31 bits per heavy atom. The van der Waals surface area contributed by atoms with Crippen LogP contribution in [0.4, 0.5) is 0 Å². The van der Waals surface area contributed by atoms with Gasteiger partial charge in [-0.15, -0.1) is 0 Å². The maximum atomic E-state index is 11.3. The number of ether oxygens (including phenoxy) is 3. The molecule has 0 saturated carbocycles. The van der Waals surface area contributed by atoms with Gasteiger partial charge in [-0.05, 0) is 27.2 Å². The van der Waals surface area contributed by atoms with Crippen molar-refractivity contribution in [1.82, 2.24) is 0 Å². The van der Waals surface area contributed by atoms with Crippen molar-refractivity contribution in [3.63, 3.8) is 0 Å². The second-order valence-electron chi connectivity index (χ2n) is 7.39. The average molecular weight is 371 g/mol. The van der Waals surface area contributed by atoms with Gasteiger partial charge >= 0.3 is 5.97 Å². The Hall–Kier alpha value is -0.870. The molecule has 0 heterocycles. The topological polar surface area (TPSA) is 44.8 Å². The fraction of sp³-hybridized carbons (Fsp3) is 0.864. The van der Waals surface area contributed by atoms with Gasteiger partial charge in [0.15, 0.2) is 0 Å². The second kappa shape index (κ2) is 17.5. The molecule has 0 aliphatic rings. The molecule has 154 valence electrons. The molecule has 4 nitrogen and oxygen atoms in total. The van der Waals surface area contributed by atoms with Gasteiger partial charge in [0.25, 0.3) is 0 Å². The van der Waals surface area contributed by atoms with Crippen LogP contribution in [0.5, 0.6) is 0 Å². The minimum Gasteiger partial charge on any atom is -0.460 e. The Labute approximate surface area is 161 Å². The number of rotatable bonds is 18. The van der Waals surface area contributed by atoms with Crippen molar-refractivity contribution in [2.24, 2.45) is 0 Å². The van der Waals surface area contributed by atoms with Crippen molar-refractivity contribution in [2.45, 2.75) is 104 Å². The predicted molar refractivity (Wildman–Crippen MR) is 108 cm³/mol. The molecule has 4 heteroatoms. The van der Waals surface area contributed by atoms with Crippen LogP contribution in [0.2, 0.25) is 0 Å². The van der Waals surface area contributed by atoms with Crippen LogP contribution < -0.4 is 0 Å². The first-order chi connectivity index (χ1) is 12.5. The van der Waals surface area contributed by atoms with Crippen molar-refractivity contribution < 1.29 is 19.0 Å². The van der Waals surface area contributed by atoms with Crippen LogP contribution in [0.1, 0.15) is 91.9 Å². The molecule has 0 aromatic heterocycles. The minimum absolute atomic E-state index is 0.0628. The number of carbonyl (C=O) groups is 1. The fourth-order valence-corrected chi connectivity index (χ4v) is 2.59. The van der Waals surface area contributed by atoms with Gasteiger partial charge in [-0.25, -0.2) is 4.79 Å². The Morgan fingerprint density at radius 1 is 0.808 bits per heavy atom. The summed E-state index contributed by atoms with van der Waals surface area (Å²) in [5.41, 5.74) is 0.408. The van der Waals surface area contributed by atoms with Crippen LogP contribution >= 0.6 is 0 Å². The molecule has 0 spiro atoms. The smallest absolute Gasteiger partial charge is 0.333 e. The van der Waals surface area contributed by atoms with E-state index in [-0.39, 0.29) is 24.8 Å². The fourth-order valence-electron chi connectivity index (χ4n) is 2.59. The molecule has 0 N–H and O–H groups in total. The Balaban J connectivity index is 3.39. The molecular formula is C22H42O4. The van der Waals surface area contributed by atoms with Crippen LogP contribution in [-0.4, -0.2) is 38.0 Å². The van der Waals surface area contributed by atoms with Crippen LogP contribution in [0, 0.1) is 0 Å². The molecule has 0 saturated heterocycles. The van der Waals surface area contributed by atoms with Crippen molar-refractivity contribution in [3.05, 3.63) is 12.2 Å². The van der Waals surface area contributed by atoms with Crippen LogP contribution in [0.25, 0.3) is 0 Å². The summed E-state index contributed by atoms with van der Waals surface area (Å²) in [6.07, 6.45) is 13.2. The standard InChI is InChI=1S/C22H42O4/c1-6-7-8-9-10-11-12-13-14-15-16-24-20(4)17-25-21(5)18-26-22(23)19(2)3/h20-21H,2,6-18H2,1,3-5H3. The quantitative estimate of drug-likeness (QED) is 0.173. The molecule has 0 aromatic carbocycles. The first-order valence-electron chi connectivity index (χ1n) is 10.5. The van der Waals surface area contributed by atoms with E-state index in [0.717, 1.165) is 13.0 Å². The predicted octanol–water partition coefficient (Wildman–Crippen LogP) is 5.84. The molecule has 0 aliphatic heterocycles. The summed E-state index contributed by atoms with van der Waals surface area (Å²) in [6, 6.07) is 0. The summed E-state index contributed by atoms with van der Waals surface area (Å²) in [5.74, 6) is -0.370. The maximum Gasteiger partial charge on any atom is 0.333 e. The van der Waals surface area contributed by atoms with Crippen molar-refractivity contribution in [3.8, 4) is 0 Å². The third kappa shape index (κ3) is 16.6. The molecule has 0 aliphatic carbocycles. The molecule has 0 amide bonds. The highest BCUT2D eigenvalue weighted by atomic mass is 16.6. The van der Waals surface area contributed by atoms with Crippen molar-refractivity contribution >= 4 is 5.97 Å². The molecule has 2 atom stereocenters. The number of hydrogen-bond acceptors (Lipinski definition) is 4. The number of hydrogen-bond donors (Lipinski definition) is 0. The van der Waals surface area contributed by atoms with Crippen molar-refractivity contribution in [2.75, 3.05) is 19.8 Å². The van der Waals surface area contributed by atoms with Gasteiger partial charge in [-0.1, -0.05) is 71.3 Å². The molecule has 0 bridgehead atoms. The van der Waals surface area contributed by atoms with Crippen molar-refractivity contribution in [1.29, 1.82) is 0 Å². The van der Waals surface area contributed by atoms with Gasteiger partial charge in [0.2, 0.25) is 0 Å². The van der Waals surface area contributed by atoms with Crippen LogP contribution in [-0.2, 0) is 19.0 Å². The van der Waals surface area contributed by atoms with E-state index >= 15 is 0 Å². The van der Waals surface area contributed by atoms with Crippen LogP contribution in [0.3, 0.4) is 0 Å². The summed E-state index contributed by atoms with van der Waals surface area (Å²) in [4.78, 5) is 11.3. The third-order valence-electron chi connectivity index (χ3n) is 4.31. The highest BCUT2D eigenvalue weighted by Gasteiger charge is 2.10. The summed E-state index contributed by atoms with van der Waals surface area (Å²) >= 11 is 0. The first-order valence-corrected chi connectivity index (χ1v) is 10.5. The molecule has 0 radical (unpaired) electrons. The lowest BCUT2D eigenvalue weighted by atomic mass is 10.1. The van der Waals surface area contributed by atoms with Gasteiger partial charge in [-0.3, -0.25) is 0 Å². The van der Waals surface area contributed by atoms with Gasteiger partial charge in [0.05, 0.1) is 18.8 Å². The van der Waals surface area contributed by atoms with E-state index in [2.05, 4.69) is 13.5 Å². The average Bonchev–Trinajstić information content (AvgIpc) is 2.62. The lowest BCUT2D eigenvalue weighted by molar-refractivity contribution is -0.143. The number of carbonyl (C=O) groups excluding carboxylic acids is 1. The van der Waals surface area contributed by atoms with Gasteiger partial charge < -0.3 is 14.2 Å².